The molecule has 3 atom stereocenters. The minimum Gasteiger partial charge on any atom is -0.465 e. The van der Waals surface area contributed by atoms with E-state index in [2.05, 4.69) is 95.9 Å². The van der Waals surface area contributed by atoms with Crippen LogP contribution in [0.5, 0.6) is 5.75 Å². The van der Waals surface area contributed by atoms with Gasteiger partial charge in [-0.3, -0.25) is 4.90 Å². The molecule has 2 nitrogen and oxygen atoms in total. The van der Waals surface area contributed by atoms with Crippen molar-refractivity contribution in [2.24, 2.45) is 5.92 Å². The summed E-state index contributed by atoms with van der Waals surface area (Å²) in [6.45, 7) is 0. The van der Waals surface area contributed by atoms with Crippen molar-refractivity contribution in [1.82, 2.24) is 0 Å². The Kier molecular flexibility index (Phi) is 3.80. The van der Waals surface area contributed by atoms with Gasteiger partial charge in [0, 0.05) is 24.0 Å². The molecular formula is C27H25NO. The van der Waals surface area contributed by atoms with E-state index in [1.807, 2.05) is 0 Å². The van der Waals surface area contributed by atoms with Crippen molar-refractivity contribution in [1.29, 1.82) is 0 Å². The van der Waals surface area contributed by atoms with Crippen molar-refractivity contribution in [3.8, 4) is 5.75 Å². The smallest absolute Gasteiger partial charge is 0.191 e. The molecule has 3 aromatic carbocycles. The average Bonchev–Trinajstić information content (AvgIpc) is 3.13. The molecule has 1 aliphatic carbocycles. The summed E-state index contributed by atoms with van der Waals surface area (Å²) >= 11 is 0. The minimum absolute atomic E-state index is 0.289. The number of hydrogen-bond acceptors (Lipinski definition) is 2. The van der Waals surface area contributed by atoms with Gasteiger partial charge in [-0.1, -0.05) is 85.3 Å². The summed E-state index contributed by atoms with van der Waals surface area (Å²) in [5.41, 5.74) is 4.86. The zero-order valence-electron chi connectivity index (χ0n) is 16.5. The van der Waals surface area contributed by atoms with Crippen LogP contribution in [0.15, 0.2) is 91.0 Å². The van der Waals surface area contributed by atoms with Crippen LogP contribution in [0.2, 0.25) is 0 Å². The Hall–Kier alpha value is -3.00. The second-order valence-corrected chi connectivity index (χ2v) is 8.46. The molecule has 2 heterocycles. The molecule has 1 saturated carbocycles. The summed E-state index contributed by atoms with van der Waals surface area (Å²) in [6.07, 6.45) is 7.26. The van der Waals surface area contributed by atoms with E-state index >= 15 is 0 Å². The van der Waals surface area contributed by atoms with Gasteiger partial charge in [0.25, 0.3) is 0 Å². The molecule has 1 fully saturated rings. The van der Waals surface area contributed by atoms with Crippen LogP contribution < -0.4 is 9.64 Å². The van der Waals surface area contributed by atoms with Crippen LogP contribution in [-0.2, 0) is 0 Å². The Balaban J connectivity index is 1.61. The molecule has 1 spiro atoms. The highest BCUT2D eigenvalue weighted by molar-refractivity contribution is 5.87. The van der Waals surface area contributed by atoms with Crippen molar-refractivity contribution in [3.63, 3.8) is 0 Å². The molecular weight excluding hydrogens is 354 g/mol. The Bertz CT molecular complexity index is 1060. The molecule has 0 N–H and O–H groups in total. The van der Waals surface area contributed by atoms with E-state index in [1.54, 1.807) is 0 Å². The number of fused-ring (bicyclic) bond motifs is 2. The van der Waals surface area contributed by atoms with Crippen LogP contribution in [0.4, 0.5) is 5.69 Å². The first kappa shape index (κ1) is 16.9. The lowest BCUT2D eigenvalue weighted by Crippen LogP contribution is -2.59. The number of anilines is 1. The molecule has 29 heavy (non-hydrogen) atoms. The zero-order chi connectivity index (χ0) is 19.3. The van der Waals surface area contributed by atoms with Gasteiger partial charge in [-0.15, -0.1) is 0 Å². The normalized spacial score (nSPS) is 27.3. The predicted octanol–water partition coefficient (Wildman–Crippen LogP) is 6.61. The predicted molar refractivity (Wildman–Crippen MR) is 118 cm³/mol. The third kappa shape index (κ3) is 2.48. The van der Waals surface area contributed by atoms with E-state index in [0.717, 1.165) is 12.2 Å². The Morgan fingerprint density at radius 3 is 2.34 bits per heavy atom. The number of nitrogens with zero attached hydrogens (tertiary/aromatic N) is 1. The standard InChI is InChI=1S/C27H25NO/c1-3-11-20(12-4-1)22-19-25(21-13-5-2-6-14-21)28-24-16-7-8-17-26(24)29-27(28)18-10-9-15-23(22)27/h1-8,11-14,16-17,19,22-23H,9-10,15,18H2/t22-,23+,27-/m0/s1. The quantitative estimate of drug-likeness (QED) is 0.497. The second-order valence-electron chi connectivity index (χ2n) is 8.46. The van der Waals surface area contributed by atoms with Crippen LogP contribution in [0.3, 0.4) is 0 Å². The van der Waals surface area contributed by atoms with Gasteiger partial charge in [0.05, 0.1) is 5.69 Å². The third-order valence-corrected chi connectivity index (χ3v) is 6.92. The molecule has 6 rings (SSSR count). The highest BCUT2D eigenvalue weighted by Crippen LogP contribution is 2.59. The maximum atomic E-state index is 6.89. The van der Waals surface area contributed by atoms with Crippen molar-refractivity contribution in [3.05, 3.63) is 102 Å². The number of rotatable bonds is 2. The Morgan fingerprint density at radius 2 is 1.52 bits per heavy atom. The summed E-state index contributed by atoms with van der Waals surface area (Å²) in [7, 11) is 0. The summed E-state index contributed by atoms with van der Waals surface area (Å²) in [5.74, 6) is 1.82. The molecule has 144 valence electrons. The van der Waals surface area contributed by atoms with E-state index in [4.69, 9.17) is 4.74 Å². The first-order valence-electron chi connectivity index (χ1n) is 10.8. The lowest BCUT2D eigenvalue weighted by atomic mass is 9.68. The van der Waals surface area contributed by atoms with Crippen molar-refractivity contribution >= 4 is 11.4 Å². The maximum Gasteiger partial charge on any atom is 0.191 e. The summed E-state index contributed by atoms with van der Waals surface area (Å²) < 4.78 is 6.89. The zero-order valence-corrected chi connectivity index (χ0v) is 16.5. The summed E-state index contributed by atoms with van der Waals surface area (Å²) in [5, 5.41) is 0. The van der Waals surface area contributed by atoms with E-state index in [0.29, 0.717) is 11.8 Å². The maximum absolute atomic E-state index is 6.89. The minimum atomic E-state index is -0.289. The van der Waals surface area contributed by atoms with Gasteiger partial charge in [-0.05, 0) is 36.1 Å². The van der Waals surface area contributed by atoms with E-state index < -0.39 is 0 Å². The van der Waals surface area contributed by atoms with Gasteiger partial charge in [0.2, 0.25) is 0 Å². The van der Waals surface area contributed by atoms with Gasteiger partial charge in [0.15, 0.2) is 5.72 Å². The molecule has 0 saturated heterocycles. The van der Waals surface area contributed by atoms with Crippen molar-refractivity contribution < 1.29 is 4.74 Å². The number of hydrogen-bond donors (Lipinski definition) is 0. The van der Waals surface area contributed by atoms with Gasteiger partial charge in [0.1, 0.15) is 5.75 Å². The second kappa shape index (κ2) is 6.52. The number of allylic oxidation sites excluding steroid dienone is 1. The fourth-order valence-corrected chi connectivity index (χ4v) is 5.72. The van der Waals surface area contributed by atoms with Crippen LogP contribution in [0.25, 0.3) is 5.70 Å². The van der Waals surface area contributed by atoms with Crippen molar-refractivity contribution in [2.45, 2.75) is 37.3 Å². The highest BCUT2D eigenvalue weighted by atomic mass is 16.5. The van der Waals surface area contributed by atoms with Crippen LogP contribution >= 0.6 is 0 Å². The van der Waals surface area contributed by atoms with E-state index in [9.17, 15) is 0 Å². The lowest BCUT2D eigenvalue weighted by molar-refractivity contribution is -0.0119. The SMILES string of the molecule is C1=C(c2ccccc2)N2c3ccccc3O[C@]23CCCC[C@@H]3[C@@H]1c1ccccc1. The number of para-hydroxylation sites is 2. The fourth-order valence-electron chi connectivity index (χ4n) is 5.72. The highest BCUT2D eigenvalue weighted by Gasteiger charge is 2.58. The topological polar surface area (TPSA) is 12.5 Å². The molecule has 0 unspecified atom stereocenters. The molecule has 0 bridgehead atoms. The van der Waals surface area contributed by atoms with Gasteiger partial charge >= 0.3 is 0 Å². The van der Waals surface area contributed by atoms with Gasteiger partial charge in [-0.2, -0.15) is 0 Å². The summed E-state index contributed by atoms with van der Waals surface area (Å²) in [6, 6.07) is 30.4. The average molecular weight is 380 g/mol. The first-order chi connectivity index (χ1) is 14.4. The molecule has 3 aromatic rings. The molecule has 2 aliphatic heterocycles. The lowest BCUT2D eigenvalue weighted by Gasteiger charge is -2.52. The van der Waals surface area contributed by atoms with E-state index in [-0.39, 0.29) is 5.72 Å². The molecule has 0 radical (unpaired) electrons. The first-order valence-corrected chi connectivity index (χ1v) is 10.8. The molecule has 0 aromatic heterocycles. The van der Waals surface area contributed by atoms with Gasteiger partial charge < -0.3 is 4.74 Å². The molecule has 0 amide bonds. The van der Waals surface area contributed by atoms with Crippen LogP contribution in [-0.4, -0.2) is 5.72 Å². The molecule has 3 aliphatic rings. The van der Waals surface area contributed by atoms with Gasteiger partial charge in [-0.25, -0.2) is 0 Å². The Labute approximate surface area is 172 Å². The van der Waals surface area contributed by atoms with E-state index in [1.165, 1.54) is 41.8 Å². The molecule has 2 heteroatoms. The monoisotopic (exact) mass is 379 g/mol. The fraction of sp³-hybridized carbons (Fsp3) is 0.259. The third-order valence-electron chi connectivity index (χ3n) is 6.92. The number of ether oxygens (including phenoxy) is 1. The van der Waals surface area contributed by atoms with Crippen LogP contribution in [0.1, 0.15) is 42.7 Å². The van der Waals surface area contributed by atoms with Crippen LogP contribution in [0, 0.1) is 5.92 Å². The Morgan fingerprint density at radius 1 is 0.793 bits per heavy atom. The largest absolute Gasteiger partial charge is 0.465 e. The number of benzene rings is 3. The summed E-state index contributed by atoms with van der Waals surface area (Å²) in [4.78, 5) is 2.53. The van der Waals surface area contributed by atoms with Crippen molar-refractivity contribution in [2.75, 3.05) is 4.90 Å².